The Labute approximate surface area is 122 Å². The van der Waals surface area contributed by atoms with E-state index in [2.05, 4.69) is 10.3 Å². The second-order valence-corrected chi connectivity index (χ2v) is 4.83. The molecule has 6 nitrogen and oxygen atoms in total. The molecule has 1 amide bonds. The lowest BCUT2D eigenvalue weighted by atomic mass is 10.3. The molecule has 0 spiro atoms. The van der Waals surface area contributed by atoms with Gasteiger partial charge in [0.15, 0.2) is 5.13 Å². The first-order valence-corrected chi connectivity index (χ1v) is 7.51. The third kappa shape index (κ3) is 6.63. The number of rotatable bonds is 9. The Kier molecular flexibility index (Phi) is 7.82. The summed E-state index contributed by atoms with van der Waals surface area (Å²) in [5.74, 6) is -0.408. The average molecular weight is 300 g/mol. The van der Waals surface area contributed by atoms with Crippen LogP contribution in [0.1, 0.15) is 32.4 Å². The van der Waals surface area contributed by atoms with E-state index >= 15 is 0 Å². The molecule has 0 fully saturated rings. The van der Waals surface area contributed by atoms with Gasteiger partial charge in [0.25, 0.3) is 0 Å². The van der Waals surface area contributed by atoms with E-state index in [1.54, 1.807) is 12.3 Å². The quantitative estimate of drug-likeness (QED) is 0.557. The largest absolute Gasteiger partial charge is 0.466 e. The Morgan fingerprint density at radius 1 is 1.35 bits per heavy atom. The smallest absolute Gasteiger partial charge is 0.311 e. The molecular formula is C13H20N2O4S. The Balaban J connectivity index is 2.32. The Hall–Kier alpha value is -1.47. The van der Waals surface area contributed by atoms with E-state index < -0.39 is 0 Å². The van der Waals surface area contributed by atoms with E-state index in [4.69, 9.17) is 9.47 Å². The molecule has 0 unspecified atom stereocenters. The Bertz CT molecular complexity index is 434. The van der Waals surface area contributed by atoms with Crippen molar-refractivity contribution in [1.82, 2.24) is 4.98 Å². The van der Waals surface area contributed by atoms with Gasteiger partial charge in [-0.05, 0) is 20.3 Å². The van der Waals surface area contributed by atoms with Gasteiger partial charge in [0.2, 0.25) is 5.91 Å². The summed E-state index contributed by atoms with van der Waals surface area (Å²) < 4.78 is 10.00. The molecule has 1 N–H and O–H groups in total. The van der Waals surface area contributed by atoms with Gasteiger partial charge in [-0.2, -0.15) is 0 Å². The number of carbonyl (C=O) groups excluding carboxylic acids is 2. The lowest BCUT2D eigenvalue weighted by molar-refractivity contribution is -0.142. The number of amides is 1. The van der Waals surface area contributed by atoms with Gasteiger partial charge in [0, 0.05) is 25.0 Å². The van der Waals surface area contributed by atoms with Crippen LogP contribution in [0.15, 0.2) is 5.38 Å². The van der Waals surface area contributed by atoms with Crippen molar-refractivity contribution in [2.75, 3.05) is 25.1 Å². The second-order valence-electron chi connectivity index (χ2n) is 3.97. The predicted molar refractivity (Wildman–Crippen MR) is 76.8 cm³/mol. The molecule has 1 rings (SSSR count). The van der Waals surface area contributed by atoms with Crippen LogP contribution in [0.2, 0.25) is 0 Å². The number of hydrogen-bond acceptors (Lipinski definition) is 6. The lowest BCUT2D eigenvalue weighted by Crippen LogP contribution is -2.12. The van der Waals surface area contributed by atoms with E-state index in [0.29, 0.717) is 43.5 Å². The minimum atomic E-state index is -0.313. The molecule has 112 valence electrons. The molecule has 0 aromatic carbocycles. The maximum atomic E-state index is 11.6. The summed E-state index contributed by atoms with van der Waals surface area (Å²) >= 11 is 1.30. The van der Waals surface area contributed by atoms with Gasteiger partial charge in [-0.3, -0.25) is 9.59 Å². The fourth-order valence-corrected chi connectivity index (χ4v) is 2.19. The zero-order valence-electron chi connectivity index (χ0n) is 11.8. The molecule has 0 saturated heterocycles. The minimum absolute atomic E-state index is 0.0956. The fraction of sp³-hybridized carbons (Fsp3) is 0.615. The van der Waals surface area contributed by atoms with Crippen molar-refractivity contribution in [3.05, 3.63) is 11.1 Å². The highest BCUT2D eigenvalue weighted by molar-refractivity contribution is 7.13. The summed E-state index contributed by atoms with van der Waals surface area (Å²) in [4.78, 5) is 27.1. The van der Waals surface area contributed by atoms with Gasteiger partial charge < -0.3 is 14.8 Å². The van der Waals surface area contributed by atoms with Gasteiger partial charge >= 0.3 is 5.97 Å². The zero-order chi connectivity index (χ0) is 14.8. The number of esters is 1. The van der Waals surface area contributed by atoms with Crippen LogP contribution in [-0.4, -0.2) is 36.7 Å². The van der Waals surface area contributed by atoms with Crippen LogP contribution in [0.5, 0.6) is 0 Å². The molecule has 0 atom stereocenters. The third-order valence-electron chi connectivity index (χ3n) is 2.33. The van der Waals surface area contributed by atoms with Crippen LogP contribution in [0.4, 0.5) is 5.13 Å². The van der Waals surface area contributed by atoms with Crippen molar-refractivity contribution in [3.8, 4) is 0 Å². The van der Waals surface area contributed by atoms with E-state index in [-0.39, 0.29) is 18.3 Å². The average Bonchev–Trinajstić information content (AvgIpc) is 2.82. The summed E-state index contributed by atoms with van der Waals surface area (Å²) in [6, 6.07) is 0. The molecular weight excluding hydrogens is 280 g/mol. The summed E-state index contributed by atoms with van der Waals surface area (Å²) in [6.45, 7) is 5.27. The number of nitrogens with zero attached hydrogens (tertiary/aromatic N) is 1. The summed E-state index contributed by atoms with van der Waals surface area (Å²) in [7, 11) is 0. The summed E-state index contributed by atoms with van der Waals surface area (Å²) in [6.07, 6.45) is 1.21. The number of carbonyl (C=O) groups is 2. The Morgan fingerprint density at radius 2 is 2.15 bits per heavy atom. The SMILES string of the molecule is CCOCCCC(=O)Nc1nc(CC(=O)OCC)cs1. The monoisotopic (exact) mass is 300 g/mol. The van der Waals surface area contributed by atoms with E-state index in [1.807, 2.05) is 6.92 Å². The first-order chi connectivity index (χ1) is 9.65. The van der Waals surface area contributed by atoms with Crippen LogP contribution >= 0.6 is 11.3 Å². The van der Waals surface area contributed by atoms with Crippen LogP contribution in [0.25, 0.3) is 0 Å². The number of aromatic nitrogens is 1. The maximum Gasteiger partial charge on any atom is 0.311 e. The van der Waals surface area contributed by atoms with Crippen molar-refractivity contribution in [3.63, 3.8) is 0 Å². The number of hydrogen-bond donors (Lipinski definition) is 1. The van der Waals surface area contributed by atoms with Crippen molar-refractivity contribution in [2.45, 2.75) is 33.1 Å². The molecule has 0 aliphatic carbocycles. The highest BCUT2D eigenvalue weighted by Crippen LogP contribution is 2.16. The zero-order valence-corrected chi connectivity index (χ0v) is 12.6. The molecule has 0 saturated carbocycles. The van der Waals surface area contributed by atoms with Gasteiger partial charge in [-0.25, -0.2) is 4.98 Å². The van der Waals surface area contributed by atoms with Crippen molar-refractivity contribution < 1.29 is 19.1 Å². The highest BCUT2D eigenvalue weighted by atomic mass is 32.1. The number of nitrogens with one attached hydrogen (secondary N) is 1. The molecule has 0 aliphatic rings. The van der Waals surface area contributed by atoms with Crippen LogP contribution in [0.3, 0.4) is 0 Å². The summed E-state index contributed by atoms with van der Waals surface area (Å²) in [5.41, 5.74) is 0.609. The molecule has 0 bridgehead atoms. The summed E-state index contributed by atoms with van der Waals surface area (Å²) in [5, 5.41) is 4.95. The molecule has 1 aromatic rings. The third-order valence-corrected chi connectivity index (χ3v) is 3.13. The van der Waals surface area contributed by atoms with E-state index in [1.165, 1.54) is 11.3 Å². The normalized spacial score (nSPS) is 10.3. The first-order valence-electron chi connectivity index (χ1n) is 6.63. The van der Waals surface area contributed by atoms with Gasteiger partial charge in [-0.1, -0.05) is 0 Å². The molecule has 7 heteroatoms. The topological polar surface area (TPSA) is 77.5 Å². The molecule has 1 aromatic heterocycles. The number of thiazole rings is 1. The number of anilines is 1. The maximum absolute atomic E-state index is 11.6. The van der Waals surface area contributed by atoms with Gasteiger partial charge in [0.05, 0.1) is 18.7 Å². The van der Waals surface area contributed by atoms with Crippen molar-refractivity contribution >= 4 is 28.3 Å². The molecule has 20 heavy (non-hydrogen) atoms. The van der Waals surface area contributed by atoms with Crippen LogP contribution < -0.4 is 5.32 Å². The predicted octanol–water partition coefficient (Wildman–Crippen LogP) is 2.00. The standard InChI is InChI=1S/C13H20N2O4S/c1-3-18-7-5-6-11(16)15-13-14-10(9-20-13)8-12(17)19-4-2/h9H,3-8H2,1-2H3,(H,14,15,16). The lowest BCUT2D eigenvalue weighted by Gasteiger charge is -2.02. The van der Waals surface area contributed by atoms with Gasteiger partial charge in [-0.15, -0.1) is 11.3 Å². The van der Waals surface area contributed by atoms with Crippen LogP contribution in [-0.2, 0) is 25.5 Å². The molecule has 0 aliphatic heterocycles. The Morgan fingerprint density at radius 3 is 2.85 bits per heavy atom. The highest BCUT2D eigenvalue weighted by Gasteiger charge is 2.10. The van der Waals surface area contributed by atoms with E-state index in [9.17, 15) is 9.59 Å². The van der Waals surface area contributed by atoms with Crippen molar-refractivity contribution in [2.24, 2.45) is 0 Å². The fourth-order valence-electron chi connectivity index (χ4n) is 1.47. The van der Waals surface area contributed by atoms with Crippen molar-refractivity contribution in [1.29, 1.82) is 0 Å². The van der Waals surface area contributed by atoms with E-state index in [0.717, 1.165) is 0 Å². The van der Waals surface area contributed by atoms with Crippen LogP contribution in [0, 0.1) is 0 Å². The molecule has 1 heterocycles. The number of ether oxygens (including phenoxy) is 2. The molecule has 0 radical (unpaired) electrons. The minimum Gasteiger partial charge on any atom is -0.466 e. The first kappa shape index (κ1) is 16.6. The van der Waals surface area contributed by atoms with Gasteiger partial charge in [0.1, 0.15) is 0 Å². The second kappa shape index (κ2) is 9.44.